The summed E-state index contributed by atoms with van der Waals surface area (Å²) in [5.74, 6) is -0.224. The molecule has 0 saturated heterocycles. The van der Waals surface area contributed by atoms with Crippen molar-refractivity contribution in [2.45, 2.75) is 53.0 Å². The molecule has 3 N–H and O–H groups in total. The lowest BCUT2D eigenvalue weighted by Crippen LogP contribution is -2.34. The van der Waals surface area contributed by atoms with Gasteiger partial charge in [0.15, 0.2) is 0 Å². The predicted octanol–water partition coefficient (Wildman–Crippen LogP) is 4.07. The van der Waals surface area contributed by atoms with Crippen molar-refractivity contribution in [1.82, 2.24) is 20.4 Å². The Morgan fingerprint density at radius 1 is 1.14 bits per heavy atom. The molecule has 2 rings (SSSR count). The zero-order chi connectivity index (χ0) is 20.9. The van der Waals surface area contributed by atoms with Crippen LogP contribution in [0.3, 0.4) is 0 Å². The molecule has 0 aliphatic rings. The van der Waals surface area contributed by atoms with Crippen LogP contribution in [-0.4, -0.2) is 40.1 Å². The summed E-state index contributed by atoms with van der Waals surface area (Å²) in [5, 5.41) is 12.9. The fourth-order valence-corrected chi connectivity index (χ4v) is 2.74. The topological polar surface area (TPSA) is 90.1 Å². The maximum Gasteiger partial charge on any atom is 0.321 e. The fourth-order valence-electron chi connectivity index (χ4n) is 2.74. The predicted molar refractivity (Wildman–Crippen MR) is 112 cm³/mol. The number of anilines is 1. The summed E-state index contributed by atoms with van der Waals surface area (Å²) in [6.07, 6.45) is 0. The van der Waals surface area contributed by atoms with Crippen LogP contribution < -0.4 is 10.6 Å². The van der Waals surface area contributed by atoms with E-state index in [1.165, 1.54) is 0 Å². The lowest BCUT2D eigenvalue weighted by molar-refractivity contribution is 0.0935. The van der Waals surface area contributed by atoms with Gasteiger partial charge in [-0.25, -0.2) is 4.79 Å². The largest absolute Gasteiger partial charge is 0.344 e. The van der Waals surface area contributed by atoms with Gasteiger partial charge in [0.25, 0.3) is 5.91 Å². The maximum atomic E-state index is 12.5. The van der Waals surface area contributed by atoms with E-state index in [1.807, 2.05) is 45.0 Å². The number of benzene rings is 1. The summed E-state index contributed by atoms with van der Waals surface area (Å²) in [4.78, 5) is 26.3. The molecule has 0 unspecified atom stereocenters. The Morgan fingerprint density at radius 3 is 2.25 bits per heavy atom. The van der Waals surface area contributed by atoms with Crippen LogP contribution in [0.15, 0.2) is 30.3 Å². The van der Waals surface area contributed by atoms with Crippen LogP contribution in [0.4, 0.5) is 10.5 Å². The Hall–Kier alpha value is -2.83. The Kier molecular flexibility index (Phi) is 6.83. The number of hydrogen-bond donors (Lipinski definition) is 3. The molecule has 0 bridgehead atoms. The van der Waals surface area contributed by atoms with Crippen LogP contribution >= 0.6 is 0 Å². The van der Waals surface area contributed by atoms with Crippen LogP contribution in [0.25, 0.3) is 0 Å². The average Bonchev–Trinajstić information content (AvgIpc) is 3.14. The summed E-state index contributed by atoms with van der Waals surface area (Å²) in [5.41, 5.74) is 2.86. The van der Waals surface area contributed by atoms with E-state index in [-0.39, 0.29) is 23.4 Å². The zero-order valence-electron chi connectivity index (χ0n) is 17.6. The van der Waals surface area contributed by atoms with Gasteiger partial charge >= 0.3 is 6.03 Å². The van der Waals surface area contributed by atoms with Gasteiger partial charge in [0, 0.05) is 29.9 Å². The molecular formula is C21H31N5O2. The molecule has 2 aromatic rings. The van der Waals surface area contributed by atoms with E-state index < -0.39 is 0 Å². The van der Waals surface area contributed by atoms with Gasteiger partial charge in [-0.1, -0.05) is 32.9 Å². The summed E-state index contributed by atoms with van der Waals surface area (Å²) >= 11 is 0. The van der Waals surface area contributed by atoms with E-state index in [0.29, 0.717) is 18.8 Å². The molecule has 0 spiro atoms. The molecule has 7 heteroatoms. The number of nitrogens with zero attached hydrogens (tertiary/aromatic N) is 2. The molecule has 0 saturated carbocycles. The number of amides is 3. The van der Waals surface area contributed by atoms with Gasteiger partial charge in [0.05, 0.1) is 6.04 Å². The molecule has 1 aromatic carbocycles. The average molecular weight is 386 g/mol. The Labute approximate surface area is 166 Å². The number of carbonyl (C=O) groups is 2. The van der Waals surface area contributed by atoms with Crippen LogP contribution in [0.5, 0.6) is 0 Å². The van der Waals surface area contributed by atoms with Crippen molar-refractivity contribution >= 4 is 17.6 Å². The van der Waals surface area contributed by atoms with Crippen molar-refractivity contribution in [3.63, 3.8) is 0 Å². The van der Waals surface area contributed by atoms with Gasteiger partial charge in [-0.15, -0.1) is 0 Å². The van der Waals surface area contributed by atoms with E-state index in [1.54, 1.807) is 11.0 Å². The van der Waals surface area contributed by atoms with Crippen molar-refractivity contribution in [3.05, 3.63) is 47.3 Å². The molecule has 1 aromatic heterocycles. The van der Waals surface area contributed by atoms with Crippen LogP contribution in [0.1, 0.15) is 69.3 Å². The summed E-state index contributed by atoms with van der Waals surface area (Å²) < 4.78 is 0. The number of aromatic nitrogens is 2. The van der Waals surface area contributed by atoms with Crippen LogP contribution in [0, 0.1) is 0 Å². The SMILES string of the molecule is CCN(CC)C(=O)Nc1ccc([C@H](C)NC(=O)c2cc(C(C)(C)C)[nH]n2)cc1. The lowest BCUT2D eigenvalue weighted by Gasteiger charge is -2.19. The first-order valence-electron chi connectivity index (χ1n) is 9.68. The summed E-state index contributed by atoms with van der Waals surface area (Å²) in [7, 11) is 0. The normalized spacial score (nSPS) is 12.4. The number of urea groups is 1. The van der Waals surface area contributed by atoms with Crippen molar-refractivity contribution in [1.29, 1.82) is 0 Å². The molecule has 0 radical (unpaired) electrons. The highest BCUT2D eigenvalue weighted by Crippen LogP contribution is 2.21. The van der Waals surface area contributed by atoms with E-state index in [9.17, 15) is 9.59 Å². The van der Waals surface area contributed by atoms with Gasteiger partial charge in [-0.3, -0.25) is 9.89 Å². The first-order chi connectivity index (χ1) is 13.2. The third-order valence-electron chi connectivity index (χ3n) is 4.68. The van der Waals surface area contributed by atoms with Crippen LogP contribution in [0.2, 0.25) is 0 Å². The number of hydrogen-bond acceptors (Lipinski definition) is 3. The smallest absolute Gasteiger partial charge is 0.321 e. The van der Waals surface area contributed by atoms with Gasteiger partial charge in [-0.05, 0) is 44.5 Å². The third-order valence-corrected chi connectivity index (χ3v) is 4.68. The summed E-state index contributed by atoms with van der Waals surface area (Å²) in [6, 6.07) is 8.95. The number of nitrogens with one attached hydrogen (secondary N) is 3. The van der Waals surface area contributed by atoms with Crippen molar-refractivity contribution in [3.8, 4) is 0 Å². The first kappa shape index (κ1) is 21.5. The maximum absolute atomic E-state index is 12.5. The van der Waals surface area contributed by atoms with E-state index in [4.69, 9.17) is 0 Å². The number of aromatic amines is 1. The lowest BCUT2D eigenvalue weighted by atomic mass is 9.92. The minimum absolute atomic E-state index is 0.0947. The molecule has 3 amide bonds. The minimum Gasteiger partial charge on any atom is -0.344 e. The quantitative estimate of drug-likeness (QED) is 0.700. The van der Waals surface area contributed by atoms with E-state index >= 15 is 0 Å². The monoisotopic (exact) mass is 385 g/mol. The molecule has 7 nitrogen and oxygen atoms in total. The van der Waals surface area contributed by atoms with Crippen molar-refractivity contribution < 1.29 is 9.59 Å². The summed E-state index contributed by atoms with van der Waals surface area (Å²) in [6.45, 7) is 13.3. The molecule has 0 aliphatic heterocycles. The molecule has 1 heterocycles. The molecule has 152 valence electrons. The Bertz CT molecular complexity index is 801. The van der Waals surface area contributed by atoms with Gasteiger partial charge < -0.3 is 15.5 Å². The first-order valence-corrected chi connectivity index (χ1v) is 9.68. The fraction of sp³-hybridized carbons (Fsp3) is 0.476. The Balaban J connectivity index is 1.99. The number of carbonyl (C=O) groups excluding carboxylic acids is 2. The van der Waals surface area contributed by atoms with Gasteiger partial charge in [0.2, 0.25) is 0 Å². The minimum atomic E-state index is -0.224. The molecule has 1 atom stereocenters. The van der Waals surface area contributed by atoms with Gasteiger partial charge in [-0.2, -0.15) is 5.10 Å². The van der Waals surface area contributed by atoms with Crippen molar-refractivity contribution in [2.24, 2.45) is 0 Å². The number of rotatable bonds is 6. The molecular weight excluding hydrogens is 354 g/mol. The zero-order valence-corrected chi connectivity index (χ0v) is 17.6. The van der Waals surface area contributed by atoms with E-state index in [2.05, 4.69) is 41.6 Å². The van der Waals surface area contributed by atoms with Crippen LogP contribution in [-0.2, 0) is 5.41 Å². The molecule has 0 fully saturated rings. The molecule has 28 heavy (non-hydrogen) atoms. The van der Waals surface area contributed by atoms with Crippen molar-refractivity contribution in [2.75, 3.05) is 18.4 Å². The molecule has 0 aliphatic carbocycles. The van der Waals surface area contributed by atoms with Gasteiger partial charge in [0.1, 0.15) is 5.69 Å². The highest BCUT2D eigenvalue weighted by Gasteiger charge is 2.20. The van der Waals surface area contributed by atoms with E-state index in [0.717, 1.165) is 16.9 Å². The second kappa shape index (κ2) is 8.91. The Morgan fingerprint density at radius 2 is 1.75 bits per heavy atom. The number of H-pyrrole nitrogens is 1. The second-order valence-electron chi connectivity index (χ2n) is 7.84. The third kappa shape index (κ3) is 5.34. The highest BCUT2D eigenvalue weighted by molar-refractivity contribution is 5.92. The highest BCUT2D eigenvalue weighted by atomic mass is 16.2. The standard InChI is InChI=1S/C21H31N5O2/c1-7-26(8-2)20(28)23-16-11-9-15(10-12-16)14(3)22-19(27)17-13-18(25-24-17)21(4,5)6/h9-14H,7-8H2,1-6H3,(H,22,27)(H,23,28)(H,24,25)/t14-/m0/s1. The second-order valence-corrected chi connectivity index (χ2v) is 7.84.